The van der Waals surface area contributed by atoms with Crippen LogP contribution in [0, 0.1) is 13.8 Å². The molecule has 2 fully saturated rings. The third-order valence-corrected chi connectivity index (χ3v) is 5.90. The highest BCUT2D eigenvalue weighted by Crippen LogP contribution is 2.42. The molecule has 5 heteroatoms. The highest BCUT2D eigenvalue weighted by molar-refractivity contribution is 7.99. The van der Waals surface area contributed by atoms with Crippen LogP contribution in [0.25, 0.3) is 0 Å². The van der Waals surface area contributed by atoms with Gasteiger partial charge in [0.1, 0.15) is 0 Å². The molecule has 0 bridgehead atoms. The number of ether oxygens (including phenoxy) is 1. The number of aliphatic hydroxyl groups is 1. The van der Waals surface area contributed by atoms with Crippen molar-refractivity contribution in [1.82, 2.24) is 9.78 Å². The van der Waals surface area contributed by atoms with Gasteiger partial charge in [0.2, 0.25) is 0 Å². The van der Waals surface area contributed by atoms with Crippen LogP contribution in [-0.4, -0.2) is 38.6 Å². The molecule has 0 amide bonds. The molecule has 3 rings (SSSR count). The van der Waals surface area contributed by atoms with E-state index in [0.29, 0.717) is 6.04 Å². The highest BCUT2D eigenvalue weighted by Gasteiger charge is 2.41. The molecule has 2 aliphatic heterocycles. The van der Waals surface area contributed by atoms with Crippen molar-refractivity contribution in [2.75, 3.05) is 18.1 Å². The number of hydrogen-bond acceptors (Lipinski definition) is 4. The molecule has 3 atom stereocenters. The first-order valence-corrected chi connectivity index (χ1v) is 8.63. The Bertz CT molecular complexity index is 492. The van der Waals surface area contributed by atoms with Gasteiger partial charge in [-0.3, -0.25) is 4.68 Å². The maximum atomic E-state index is 9.92. The second-order valence-electron chi connectivity index (χ2n) is 6.19. The lowest BCUT2D eigenvalue weighted by atomic mass is 9.90. The van der Waals surface area contributed by atoms with E-state index in [1.54, 1.807) is 0 Å². The van der Waals surface area contributed by atoms with Gasteiger partial charge in [-0.2, -0.15) is 16.9 Å². The maximum Gasteiger partial charge on any atom is 0.0800 e. The molecule has 1 spiro atoms. The van der Waals surface area contributed by atoms with Crippen molar-refractivity contribution in [3.63, 3.8) is 0 Å². The quantitative estimate of drug-likeness (QED) is 0.911. The Balaban J connectivity index is 1.87. The third-order valence-electron chi connectivity index (χ3n) is 4.68. The van der Waals surface area contributed by atoms with Gasteiger partial charge < -0.3 is 9.84 Å². The Morgan fingerprint density at radius 1 is 1.50 bits per heavy atom. The zero-order chi connectivity index (χ0) is 14.3. The first-order chi connectivity index (χ1) is 9.52. The second-order valence-corrected chi connectivity index (χ2v) is 7.29. The van der Waals surface area contributed by atoms with Gasteiger partial charge in [0, 0.05) is 23.6 Å². The Morgan fingerprint density at radius 2 is 2.30 bits per heavy atom. The summed E-state index contributed by atoms with van der Waals surface area (Å²) in [7, 11) is 0. The summed E-state index contributed by atoms with van der Waals surface area (Å²) >= 11 is 2.00. The van der Waals surface area contributed by atoms with Crippen LogP contribution in [0.1, 0.15) is 55.3 Å². The number of nitrogens with zero attached hydrogens (tertiary/aromatic N) is 2. The third kappa shape index (κ3) is 2.40. The number of thioether (sulfide) groups is 1. The van der Waals surface area contributed by atoms with E-state index in [9.17, 15) is 5.11 Å². The summed E-state index contributed by atoms with van der Waals surface area (Å²) in [4.78, 5) is 0. The van der Waals surface area contributed by atoms with E-state index >= 15 is 0 Å². The molecule has 0 saturated carbocycles. The Kier molecular flexibility index (Phi) is 3.86. The Morgan fingerprint density at radius 3 is 2.90 bits per heavy atom. The van der Waals surface area contributed by atoms with Crippen LogP contribution < -0.4 is 0 Å². The maximum absolute atomic E-state index is 9.92. The number of hydrogen-bond donors (Lipinski definition) is 1. The number of aryl methyl sites for hydroxylation is 1. The van der Waals surface area contributed by atoms with E-state index in [-0.39, 0.29) is 5.60 Å². The fourth-order valence-electron chi connectivity index (χ4n) is 3.71. The monoisotopic (exact) mass is 296 g/mol. The van der Waals surface area contributed by atoms with Gasteiger partial charge in [-0.05, 0) is 45.8 Å². The van der Waals surface area contributed by atoms with Crippen molar-refractivity contribution >= 4 is 11.8 Å². The predicted octanol–water partition coefficient (Wildman–Crippen LogP) is 2.78. The fraction of sp³-hybridized carbons (Fsp3) is 0.800. The molecule has 0 aliphatic carbocycles. The smallest absolute Gasteiger partial charge is 0.0800 e. The van der Waals surface area contributed by atoms with Crippen LogP contribution in [0.15, 0.2) is 0 Å². The molecule has 2 aliphatic rings. The molecule has 1 aromatic rings. The molecule has 3 unspecified atom stereocenters. The molecule has 3 heterocycles. The van der Waals surface area contributed by atoms with Crippen molar-refractivity contribution < 1.29 is 9.84 Å². The van der Waals surface area contributed by atoms with E-state index in [1.165, 1.54) is 5.75 Å². The van der Waals surface area contributed by atoms with Crippen LogP contribution in [0.4, 0.5) is 0 Å². The minimum atomic E-state index is -0.445. The van der Waals surface area contributed by atoms with Gasteiger partial charge in [-0.25, -0.2) is 0 Å². The van der Waals surface area contributed by atoms with Crippen molar-refractivity contribution in [2.45, 2.75) is 57.8 Å². The average Bonchev–Trinajstić information content (AvgIpc) is 2.95. The van der Waals surface area contributed by atoms with Crippen molar-refractivity contribution in [3.05, 3.63) is 17.0 Å². The predicted molar refractivity (Wildman–Crippen MR) is 81.2 cm³/mol. The molecule has 1 aromatic heterocycles. The van der Waals surface area contributed by atoms with Gasteiger partial charge in [0.25, 0.3) is 0 Å². The molecular formula is C15H24N2O2S. The summed E-state index contributed by atoms with van der Waals surface area (Å²) in [5.74, 6) is 2.33. The minimum Gasteiger partial charge on any atom is -0.389 e. The van der Waals surface area contributed by atoms with E-state index in [4.69, 9.17) is 9.84 Å². The van der Waals surface area contributed by atoms with E-state index in [0.717, 1.165) is 48.6 Å². The molecule has 4 nitrogen and oxygen atoms in total. The first-order valence-electron chi connectivity index (χ1n) is 7.48. The minimum absolute atomic E-state index is 0.0743. The normalized spacial score (nSPS) is 31.9. The zero-order valence-corrected chi connectivity index (χ0v) is 13.4. The second kappa shape index (κ2) is 5.35. The summed E-state index contributed by atoms with van der Waals surface area (Å²) in [6.07, 6.45) is 2.80. The lowest BCUT2D eigenvalue weighted by molar-refractivity contribution is -0.0781. The molecule has 0 radical (unpaired) electrons. The number of aromatic nitrogens is 2. The highest BCUT2D eigenvalue weighted by atomic mass is 32.2. The van der Waals surface area contributed by atoms with Crippen molar-refractivity contribution in [3.8, 4) is 0 Å². The lowest BCUT2D eigenvalue weighted by Gasteiger charge is -2.38. The summed E-state index contributed by atoms with van der Waals surface area (Å²) in [6, 6.07) is 0.411. The van der Waals surface area contributed by atoms with Crippen molar-refractivity contribution in [1.29, 1.82) is 0 Å². The zero-order valence-electron chi connectivity index (χ0n) is 12.6. The lowest BCUT2D eigenvalue weighted by Crippen LogP contribution is -2.41. The van der Waals surface area contributed by atoms with Gasteiger partial charge >= 0.3 is 0 Å². The van der Waals surface area contributed by atoms with Crippen molar-refractivity contribution in [2.24, 2.45) is 0 Å². The van der Waals surface area contributed by atoms with Gasteiger partial charge in [0.15, 0.2) is 0 Å². The van der Waals surface area contributed by atoms with Crippen LogP contribution in [0.3, 0.4) is 0 Å². The summed E-state index contributed by atoms with van der Waals surface area (Å²) in [6.45, 7) is 6.72. The summed E-state index contributed by atoms with van der Waals surface area (Å²) < 4.78 is 8.23. The largest absolute Gasteiger partial charge is 0.389 e. The molecular weight excluding hydrogens is 272 g/mol. The van der Waals surface area contributed by atoms with E-state index < -0.39 is 6.10 Å². The van der Waals surface area contributed by atoms with Gasteiger partial charge in [0.05, 0.1) is 23.4 Å². The summed E-state index contributed by atoms with van der Waals surface area (Å²) in [5, 5.41) is 14.6. The SMILES string of the molecule is Cc1nn(C2CCOC3(CCSC3)C2)c(C)c1C(C)O. The van der Waals surface area contributed by atoms with Gasteiger partial charge in [-0.15, -0.1) is 0 Å². The topological polar surface area (TPSA) is 47.3 Å². The Hall–Kier alpha value is -0.520. The number of aliphatic hydroxyl groups excluding tert-OH is 1. The summed E-state index contributed by atoms with van der Waals surface area (Å²) in [5.41, 5.74) is 3.14. The Labute approximate surface area is 124 Å². The fourth-order valence-corrected chi connectivity index (χ4v) is 5.09. The van der Waals surface area contributed by atoms with Crippen LogP contribution in [0.2, 0.25) is 0 Å². The van der Waals surface area contributed by atoms with Crippen LogP contribution >= 0.6 is 11.8 Å². The molecule has 2 saturated heterocycles. The standard InChI is InChI=1S/C15H24N2O2S/c1-10-14(12(3)18)11(2)17(16-10)13-4-6-19-15(8-13)5-7-20-9-15/h12-13,18H,4-9H2,1-3H3. The molecule has 20 heavy (non-hydrogen) atoms. The molecule has 112 valence electrons. The molecule has 1 N–H and O–H groups in total. The van der Waals surface area contributed by atoms with E-state index in [1.807, 2.05) is 25.6 Å². The van der Waals surface area contributed by atoms with E-state index in [2.05, 4.69) is 11.6 Å². The first kappa shape index (κ1) is 14.4. The van der Waals surface area contributed by atoms with Gasteiger partial charge in [-0.1, -0.05) is 0 Å². The molecule has 0 aromatic carbocycles. The number of rotatable bonds is 2. The van der Waals surface area contributed by atoms with Crippen LogP contribution in [-0.2, 0) is 4.74 Å². The van der Waals surface area contributed by atoms with Crippen LogP contribution in [0.5, 0.6) is 0 Å². The average molecular weight is 296 g/mol.